The molecule has 0 fully saturated rings. The molecule has 0 radical (unpaired) electrons. The molecule has 0 bridgehead atoms. The number of aromatic nitrogens is 2. The Hall–Kier alpha value is -1.66. The fourth-order valence-electron chi connectivity index (χ4n) is 2.19. The number of benzene rings is 1. The van der Waals surface area contributed by atoms with Crippen LogP contribution in [0, 0.1) is 6.92 Å². The van der Waals surface area contributed by atoms with Gasteiger partial charge in [0.25, 0.3) is 0 Å². The fraction of sp³-hybridized carbons (Fsp3) is 0.143. The van der Waals surface area contributed by atoms with Crippen molar-refractivity contribution in [3.8, 4) is 11.3 Å². The summed E-state index contributed by atoms with van der Waals surface area (Å²) in [7, 11) is 0. The van der Waals surface area contributed by atoms with Gasteiger partial charge in [0.15, 0.2) is 4.96 Å². The summed E-state index contributed by atoms with van der Waals surface area (Å²) in [6.45, 7) is 2.05. The van der Waals surface area contributed by atoms with Crippen LogP contribution >= 0.6 is 27.3 Å². The summed E-state index contributed by atoms with van der Waals surface area (Å²) >= 11 is 5.00. The van der Waals surface area contributed by atoms with Crippen molar-refractivity contribution in [3.05, 3.63) is 45.5 Å². The highest BCUT2D eigenvalue weighted by molar-refractivity contribution is 9.10. The van der Waals surface area contributed by atoms with E-state index in [9.17, 15) is 4.79 Å². The number of hydrogen-bond acceptors (Lipinski definition) is 3. The third-order valence-electron chi connectivity index (χ3n) is 2.99. The monoisotopic (exact) mass is 350 g/mol. The van der Waals surface area contributed by atoms with Crippen molar-refractivity contribution < 1.29 is 9.90 Å². The number of carbonyl (C=O) groups is 1. The average molecular weight is 351 g/mol. The van der Waals surface area contributed by atoms with Gasteiger partial charge in [-0.15, -0.1) is 11.3 Å². The molecule has 0 aliphatic heterocycles. The Morgan fingerprint density at radius 2 is 2.10 bits per heavy atom. The molecular weight excluding hydrogens is 340 g/mol. The third-order valence-corrected chi connectivity index (χ3v) is 4.49. The second-order valence-corrected chi connectivity index (χ2v) is 6.57. The first-order valence-corrected chi connectivity index (χ1v) is 7.60. The van der Waals surface area contributed by atoms with E-state index in [-0.39, 0.29) is 6.42 Å². The Balaban J connectivity index is 2.13. The Labute approximate surface area is 127 Å². The average Bonchev–Trinajstić information content (AvgIpc) is 2.86. The molecule has 1 N–H and O–H groups in total. The lowest BCUT2D eigenvalue weighted by atomic mass is 10.1. The zero-order valence-corrected chi connectivity index (χ0v) is 13.0. The summed E-state index contributed by atoms with van der Waals surface area (Å²) < 4.78 is 3.00. The predicted molar refractivity (Wildman–Crippen MR) is 82.3 cm³/mol. The van der Waals surface area contributed by atoms with Gasteiger partial charge in [0, 0.05) is 15.5 Å². The van der Waals surface area contributed by atoms with Crippen LogP contribution in [0.3, 0.4) is 0 Å². The smallest absolute Gasteiger partial charge is 0.309 e. The molecule has 6 heteroatoms. The summed E-state index contributed by atoms with van der Waals surface area (Å²) in [4.78, 5) is 17.1. The Morgan fingerprint density at radius 1 is 1.40 bits per heavy atom. The van der Waals surface area contributed by atoms with Gasteiger partial charge in [-0.25, -0.2) is 4.98 Å². The molecule has 4 nitrogen and oxygen atoms in total. The van der Waals surface area contributed by atoms with E-state index >= 15 is 0 Å². The van der Waals surface area contributed by atoms with Crippen molar-refractivity contribution in [2.75, 3.05) is 0 Å². The molecule has 0 saturated heterocycles. The summed E-state index contributed by atoms with van der Waals surface area (Å²) in [6.07, 6.45) is 1.76. The van der Waals surface area contributed by atoms with E-state index in [0.29, 0.717) is 5.69 Å². The second-order valence-electron chi connectivity index (χ2n) is 4.47. The number of rotatable bonds is 3. The van der Waals surface area contributed by atoms with Crippen molar-refractivity contribution in [2.45, 2.75) is 13.3 Å². The standard InChI is InChI=1S/C14H11BrN2O2S/c1-8-13(9-2-4-10(15)5-3-9)17-7-11(6-12(18)19)16-14(17)20-8/h2-5,7H,6H2,1H3,(H,18,19). The number of hydrogen-bond donors (Lipinski definition) is 1. The number of aryl methyl sites for hydroxylation is 1. The van der Waals surface area contributed by atoms with E-state index in [1.54, 1.807) is 11.3 Å². The van der Waals surface area contributed by atoms with Crippen LogP contribution in [-0.4, -0.2) is 20.5 Å². The van der Waals surface area contributed by atoms with Crippen LogP contribution in [0.15, 0.2) is 34.9 Å². The van der Waals surface area contributed by atoms with Gasteiger partial charge in [-0.05, 0) is 24.6 Å². The first kappa shape index (κ1) is 13.3. The first-order chi connectivity index (χ1) is 9.54. The van der Waals surface area contributed by atoms with Crippen molar-refractivity contribution in [1.82, 2.24) is 9.38 Å². The van der Waals surface area contributed by atoms with Gasteiger partial charge in [0.1, 0.15) is 0 Å². The Bertz CT molecular complexity index is 789. The van der Waals surface area contributed by atoms with Crippen molar-refractivity contribution >= 4 is 38.2 Å². The topological polar surface area (TPSA) is 54.6 Å². The minimum atomic E-state index is -0.863. The maximum absolute atomic E-state index is 10.8. The van der Waals surface area contributed by atoms with E-state index < -0.39 is 5.97 Å². The SMILES string of the molecule is Cc1sc2nc(CC(=O)O)cn2c1-c1ccc(Br)cc1. The van der Waals surface area contributed by atoms with E-state index in [0.717, 1.165) is 25.6 Å². The molecule has 2 aromatic heterocycles. The third kappa shape index (κ3) is 2.36. The van der Waals surface area contributed by atoms with Crippen LogP contribution in [0.1, 0.15) is 10.6 Å². The number of carboxylic acid groups (broad SMARTS) is 1. The highest BCUT2D eigenvalue weighted by Gasteiger charge is 2.14. The van der Waals surface area contributed by atoms with Crippen molar-refractivity contribution in [3.63, 3.8) is 0 Å². The molecule has 0 aliphatic rings. The van der Waals surface area contributed by atoms with Gasteiger partial charge in [0.05, 0.1) is 17.8 Å². The summed E-state index contributed by atoms with van der Waals surface area (Å²) in [5, 5.41) is 8.85. The largest absolute Gasteiger partial charge is 0.481 e. The molecule has 2 heterocycles. The van der Waals surface area contributed by atoms with Crippen molar-refractivity contribution in [2.24, 2.45) is 0 Å². The van der Waals surface area contributed by atoms with Gasteiger partial charge in [-0.2, -0.15) is 0 Å². The molecule has 0 atom stereocenters. The molecule has 0 spiro atoms. The van der Waals surface area contributed by atoms with E-state index in [2.05, 4.69) is 20.9 Å². The van der Waals surface area contributed by atoms with Gasteiger partial charge in [-0.1, -0.05) is 28.1 Å². The maximum Gasteiger partial charge on any atom is 0.309 e. The molecule has 1 aromatic carbocycles. The van der Waals surface area contributed by atoms with Gasteiger partial charge < -0.3 is 5.11 Å². The number of thiazole rings is 1. The predicted octanol–water partition coefficient (Wildman–Crippen LogP) is 3.76. The lowest BCUT2D eigenvalue weighted by Gasteiger charge is -2.02. The Morgan fingerprint density at radius 3 is 2.75 bits per heavy atom. The van der Waals surface area contributed by atoms with Crippen LogP contribution in [0.4, 0.5) is 0 Å². The maximum atomic E-state index is 10.8. The van der Waals surface area contributed by atoms with Gasteiger partial charge >= 0.3 is 5.97 Å². The molecular formula is C14H11BrN2O2S. The number of aliphatic carboxylic acids is 1. The van der Waals surface area contributed by atoms with E-state index in [1.165, 1.54) is 0 Å². The minimum absolute atomic E-state index is 0.0484. The van der Waals surface area contributed by atoms with Gasteiger partial charge in [0.2, 0.25) is 0 Å². The van der Waals surface area contributed by atoms with Crippen LogP contribution < -0.4 is 0 Å². The van der Waals surface area contributed by atoms with Crippen LogP contribution in [-0.2, 0) is 11.2 Å². The lowest BCUT2D eigenvalue weighted by molar-refractivity contribution is -0.136. The summed E-state index contributed by atoms with van der Waals surface area (Å²) in [5.41, 5.74) is 2.75. The van der Waals surface area contributed by atoms with Crippen LogP contribution in [0.5, 0.6) is 0 Å². The number of carboxylic acids is 1. The Kier molecular flexibility index (Phi) is 3.35. The highest BCUT2D eigenvalue weighted by atomic mass is 79.9. The number of imidazole rings is 1. The lowest BCUT2D eigenvalue weighted by Crippen LogP contribution is -1.99. The normalized spacial score (nSPS) is 11.1. The number of nitrogens with zero attached hydrogens (tertiary/aromatic N) is 2. The molecule has 3 rings (SSSR count). The quantitative estimate of drug-likeness (QED) is 0.782. The van der Waals surface area contributed by atoms with Gasteiger partial charge in [-0.3, -0.25) is 9.20 Å². The molecule has 0 aliphatic carbocycles. The summed E-state index contributed by atoms with van der Waals surface area (Å²) in [5.74, 6) is -0.863. The second kappa shape index (κ2) is 5.03. The summed E-state index contributed by atoms with van der Waals surface area (Å²) in [6, 6.07) is 8.06. The first-order valence-electron chi connectivity index (χ1n) is 5.99. The molecule has 0 amide bonds. The molecule has 0 saturated carbocycles. The van der Waals surface area contributed by atoms with Crippen LogP contribution in [0.25, 0.3) is 16.2 Å². The molecule has 102 valence electrons. The van der Waals surface area contributed by atoms with Crippen molar-refractivity contribution in [1.29, 1.82) is 0 Å². The number of fused-ring (bicyclic) bond motifs is 1. The zero-order chi connectivity index (χ0) is 14.3. The fourth-order valence-corrected chi connectivity index (χ4v) is 3.44. The number of halogens is 1. The molecule has 0 unspecified atom stereocenters. The van der Waals surface area contributed by atoms with E-state index in [4.69, 9.17) is 5.11 Å². The molecule has 3 aromatic rings. The van der Waals surface area contributed by atoms with E-state index in [1.807, 2.05) is 41.8 Å². The highest BCUT2D eigenvalue weighted by Crippen LogP contribution is 2.32. The van der Waals surface area contributed by atoms with Crippen LogP contribution in [0.2, 0.25) is 0 Å². The molecule has 20 heavy (non-hydrogen) atoms. The zero-order valence-electron chi connectivity index (χ0n) is 10.6. The minimum Gasteiger partial charge on any atom is -0.481 e.